The van der Waals surface area contributed by atoms with Gasteiger partial charge >= 0.3 is 5.97 Å². The fourth-order valence-electron chi connectivity index (χ4n) is 3.21. The van der Waals surface area contributed by atoms with Gasteiger partial charge in [0.2, 0.25) is 6.79 Å². The molecule has 6 nitrogen and oxygen atoms in total. The molecule has 7 heteroatoms. The van der Waals surface area contributed by atoms with Gasteiger partial charge in [-0.05, 0) is 37.6 Å². The van der Waals surface area contributed by atoms with Crippen LogP contribution in [0.5, 0.6) is 11.5 Å². The Balaban J connectivity index is 1.72. The molecule has 2 heterocycles. The van der Waals surface area contributed by atoms with Gasteiger partial charge in [0.15, 0.2) is 11.5 Å². The van der Waals surface area contributed by atoms with Crippen molar-refractivity contribution in [2.75, 3.05) is 19.2 Å². The first-order valence-electron chi connectivity index (χ1n) is 8.97. The number of hydrogen-bond acceptors (Lipinski definition) is 6. The first-order valence-corrected chi connectivity index (χ1v) is 9.79. The second-order valence-electron chi connectivity index (χ2n) is 6.62. The van der Waals surface area contributed by atoms with E-state index >= 15 is 0 Å². The zero-order valence-electron chi connectivity index (χ0n) is 16.2. The van der Waals surface area contributed by atoms with Crippen molar-refractivity contribution in [3.8, 4) is 22.6 Å². The van der Waals surface area contributed by atoms with Crippen molar-refractivity contribution >= 4 is 28.2 Å². The maximum Gasteiger partial charge on any atom is 0.341 e. The van der Waals surface area contributed by atoms with Crippen molar-refractivity contribution in [3.63, 3.8) is 0 Å². The molecule has 3 aromatic rings. The molecule has 0 unspecified atom stereocenters. The predicted molar refractivity (Wildman–Crippen MR) is 111 cm³/mol. The molecule has 2 aromatic carbocycles. The Morgan fingerprint density at radius 2 is 1.76 bits per heavy atom. The topological polar surface area (TPSA) is 73.9 Å². The summed E-state index contributed by atoms with van der Waals surface area (Å²) >= 11 is 1.34. The molecule has 1 amide bonds. The summed E-state index contributed by atoms with van der Waals surface area (Å²) in [6.07, 6.45) is 0. The second kappa shape index (κ2) is 7.60. The molecule has 1 N–H and O–H groups in total. The highest BCUT2D eigenvalue weighted by molar-refractivity contribution is 7.17. The number of amides is 1. The Morgan fingerprint density at radius 3 is 2.48 bits per heavy atom. The van der Waals surface area contributed by atoms with Gasteiger partial charge in [0.1, 0.15) is 10.6 Å². The Hall–Kier alpha value is -3.32. The lowest BCUT2D eigenvalue weighted by Gasteiger charge is -2.09. The van der Waals surface area contributed by atoms with Crippen LogP contribution in [-0.4, -0.2) is 25.8 Å². The van der Waals surface area contributed by atoms with E-state index < -0.39 is 5.97 Å². The lowest BCUT2D eigenvalue weighted by atomic mass is 10.0. The van der Waals surface area contributed by atoms with Gasteiger partial charge in [0.05, 0.1) is 7.11 Å². The van der Waals surface area contributed by atoms with Crippen molar-refractivity contribution in [2.24, 2.45) is 0 Å². The largest absolute Gasteiger partial charge is 0.465 e. The minimum Gasteiger partial charge on any atom is -0.465 e. The summed E-state index contributed by atoms with van der Waals surface area (Å²) in [6.45, 7) is 4.06. The minimum absolute atomic E-state index is 0.136. The zero-order valence-corrected chi connectivity index (χ0v) is 17.0. The number of carbonyl (C=O) groups excluding carboxylic acids is 2. The molecule has 0 saturated carbocycles. The number of rotatable bonds is 4. The van der Waals surface area contributed by atoms with E-state index in [0.717, 1.165) is 21.6 Å². The standard InChI is InChI=1S/C22H19NO5S/c1-12-4-6-14(7-5-12)18-13(2)29-21(19(18)22(25)26-3)23-20(24)15-8-9-16-17(10-15)28-11-27-16/h4-10H,11H2,1-3H3,(H,23,24). The van der Waals surface area contributed by atoms with E-state index in [9.17, 15) is 9.59 Å². The number of aryl methyl sites for hydroxylation is 2. The first-order chi connectivity index (χ1) is 14.0. The molecule has 29 heavy (non-hydrogen) atoms. The Morgan fingerprint density at radius 1 is 1.03 bits per heavy atom. The lowest BCUT2D eigenvalue weighted by Crippen LogP contribution is -2.14. The van der Waals surface area contributed by atoms with Crippen molar-refractivity contribution < 1.29 is 23.8 Å². The summed E-state index contributed by atoms with van der Waals surface area (Å²) in [4.78, 5) is 26.3. The van der Waals surface area contributed by atoms with Gasteiger partial charge in [-0.15, -0.1) is 11.3 Å². The van der Waals surface area contributed by atoms with Crippen LogP contribution in [0.3, 0.4) is 0 Å². The van der Waals surface area contributed by atoms with Crippen molar-refractivity contribution in [2.45, 2.75) is 13.8 Å². The minimum atomic E-state index is -0.495. The Kier molecular flexibility index (Phi) is 4.98. The number of esters is 1. The number of methoxy groups -OCH3 is 1. The number of benzene rings is 2. The average Bonchev–Trinajstić information content (AvgIpc) is 3.31. The molecule has 0 atom stereocenters. The van der Waals surface area contributed by atoms with Gasteiger partial charge in [-0.2, -0.15) is 0 Å². The maximum atomic E-state index is 12.8. The van der Waals surface area contributed by atoms with Crippen LogP contribution in [0.1, 0.15) is 31.2 Å². The van der Waals surface area contributed by atoms with Crippen LogP contribution in [0.4, 0.5) is 5.00 Å². The second-order valence-corrected chi connectivity index (χ2v) is 7.84. The van der Waals surface area contributed by atoms with E-state index in [4.69, 9.17) is 14.2 Å². The fourth-order valence-corrected chi connectivity index (χ4v) is 4.27. The van der Waals surface area contributed by atoms with Crippen LogP contribution >= 0.6 is 11.3 Å². The van der Waals surface area contributed by atoms with Gasteiger partial charge in [-0.1, -0.05) is 29.8 Å². The number of hydrogen-bond donors (Lipinski definition) is 1. The van der Waals surface area contributed by atoms with Crippen molar-refractivity contribution in [1.82, 2.24) is 0 Å². The molecule has 4 rings (SSSR count). The highest BCUT2D eigenvalue weighted by Crippen LogP contribution is 2.41. The molecular weight excluding hydrogens is 390 g/mol. The fraction of sp³-hybridized carbons (Fsp3) is 0.182. The van der Waals surface area contributed by atoms with Crippen molar-refractivity contribution in [1.29, 1.82) is 0 Å². The third-order valence-corrected chi connectivity index (χ3v) is 5.70. The summed E-state index contributed by atoms with van der Waals surface area (Å²) in [5, 5.41) is 3.31. The molecule has 0 spiro atoms. The Labute approximate surface area is 172 Å². The van der Waals surface area contributed by atoms with Gasteiger partial charge in [-0.25, -0.2) is 4.79 Å². The van der Waals surface area contributed by atoms with Crippen LogP contribution in [0.15, 0.2) is 42.5 Å². The predicted octanol–water partition coefficient (Wildman–Crippen LogP) is 4.80. The molecule has 0 saturated heterocycles. The average molecular weight is 409 g/mol. The third-order valence-electron chi connectivity index (χ3n) is 4.68. The van der Waals surface area contributed by atoms with E-state index in [1.165, 1.54) is 18.4 Å². The van der Waals surface area contributed by atoms with Gasteiger partial charge < -0.3 is 19.5 Å². The van der Waals surface area contributed by atoms with E-state index in [-0.39, 0.29) is 12.7 Å². The summed E-state index contributed by atoms with van der Waals surface area (Å²) in [5.41, 5.74) is 3.55. The molecule has 0 fully saturated rings. The smallest absolute Gasteiger partial charge is 0.341 e. The quantitative estimate of drug-likeness (QED) is 0.627. The monoisotopic (exact) mass is 409 g/mol. The van der Waals surface area contributed by atoms with E-state index in [1.54, 1.807) is 18.2 Å². The van der Waals surface area contributed by atoms with E-state index in [2.05, 4.69) is 5.32 Å². The summed E-state index contributed by atoms with van der Waals surface area (Å²) in [7, 11) is 1.33. The maximum absolute atomic E-state index is 12.8. The number of thiophene rings is 1. The molecule has 1 aliphatic heterocycles. The van der Waals surface area contributed by atoms with Crippen LogP contribution in [-0.2, 0) is 4.74 Å². The molecule has 0 aliphatic carbocycles. The number of anilines is 1. The molecule has 0 radical (unpaired) electrons. The zero-order chi connectivity index (χ0) is 20.5. The first kappa shape index (κ1) is 19.0. The molecule has 1 aliphatic rings. The lowest BCUT2D eigenvalue weighted by molar-refractivity contribution is 0.0603. The van der Waals surface area contributed by atoms with Crippen LogP contribution in [0.25, 0.3) is 11.1 Å². The Bertz CT molecular complexity index is 1100. The van der Waals surface area contributed by atoms with Gasteiger partial charge in [0.25, 0.3) is 5.91 Å². The SMILES string of the molecule is COC(=O)c1c(NC(=O)c2ccc3c(c2)OCO3)sc(C)c1-c1ccc(C)cc1. The van der Waals surface area contributed by atoms with E-state index in [1.807, 2.05) is 38.1 Å². The van der Waals surface area contributed by atoms with Crippen LogP contribution in [0, 0.1) is 13.8 Å². The molecule has 1 aromatic heterocycles. The van der Waals surface area contributed by atoms with E-state index in [0.29, 0.717) is 27.6 Å². The number of nitrogens with one attached hydrogen (secondary N) is 1. The third kappa shape index (κ3) is 3.56. The molecule has 148 valence electrons. The van der Waals surface area contributed by atoms with Crippen LogP contribution in [0.2, 0.25) is 0 Å². The van der Waals surface area contributed by atoms with Crippen LogP contribution < -0.4 is 14.8 Å². The normalized spacial score (nSPS) is 12.0. The van der Waals surface area contributed by atoms with Crippen molar-refractivity contribution in [3.05, 3.63) is 64.0 Å². The molecule has 0 bridgehead atoms. The number of ether oxygens (including phenoxy) is 3. The summed E-state index contributed by atoms with van der Waals surface area (Å²) in [5.74, 6) is 0.287. The highest BCUT2D eigenvalue weighted by atomic mass is 32.1. The number of fused-ring (bicyclic) bond motifs is 1. The number of carbonyl (C=O) groups is 2. The van der Waals surface area contributed by atoms with Gasteiger partial charge in [0, 0.05) is 16.0 Å². The molecular formula is C22H19NO5S. The summed E-state index contributed by atoms with van der Waals surface area (Å²) < 4.78 is 15.6. The van der Waals surface area contributed by atoms with Gasteiger partial charge in [-0.3, -0.25) is 4.79 Å². The summed E-state index contributed by atoms with van der Waals surface area (Å²) in [6, 6.07) is 12.9. The highest BCUT2D eigenvalue weighted by Gasteiger charge is 2.26.